The van der Waals surface area contributed by atoms with Crippen LogP contribution < -0.4 is 16.8 Å². The van der Waals surface area contributed by atoms with Crippen molar-refractivity contribution >= 4 is 29.7 Å². The molecule has 14 heteroatoms. The summed E-state index contributed by atoms with van der Waals surface area (Å²) in [6.45, 7) is -1.10. The van der Waals surface area contributed by atoms with E-state index in [0.717, 1.165) is 12.1 Å². The maximum absolute atomic E-state index is 13.5. The second-order valence-corrected chi connectivity index (χ2v) is 7.74. The Morgan fingerprint density at radius 1 is 1.05 bits per heavy atom. The number of carbonyl (C=O) groups excluding carboxylic acids is 2. The number of ether oxygens (including phenoxy) is 1. The van der Waals surface area contributed by atoms with Gasteiger partial charge in [0.1, 0.15) is 30.6 Å². The molecular weight excluding hydrogens is 507 g/mol. The number of rotatable bonds is 11. The van der Waals surface area contributed by atoms with Gasteiger partial charge < -0.3 is 25.5 Å². The molecule has 1 aromatic heterocycles. The fourth-order valence-corrected chi connectivity index (χ4v) is 3.18. The summed E-state index contributed by atoms with van der Waals surface area (Å²) < 4.78 is 19.3. The van der Waals surface area contributed by atoms with E-state index in [1.165, 1.54) is 12.1 Å². The molecule has 0 aliphatic heterocycles. The molecule has 3 rings (SSSR count). The molecule has 0 aliphatic carbocycles. The molecule has 1 heterocycles. The number of nitrogens with one attached hydrogen (secondary N) is 1. The maximum Gasteiger partial charge on any atom is 0.347 e. The molecule has 198 valence electrons. The van der Waals surface area contributed by atoms with Crippen molar-refractivity contribution in [1.29, 1.82) is 0 Å². The van der Waals surface area contributed by atoms with E-state index < -0.39 is 65.6 Å². The van der Waals surface area contributed by atoms with Crippen molar-refractivity contribution in [2.45, 2.75) is 25.6 Å². The molecule has 38 heavy (non-hydrogen) atoms. The summed E-state index contributed by atoms with van der Waals surface area (Å²) in [6, 6.07) is 11.4. The highest BCUT2D eigenvalue weighted by molar-refractivity contribution is 5.94. The van der Waals surface area contributed by atoms with E-state index in [4.69, 9.17) is 20.7 Å². The maximum atomic E-state index is 13.5. The molecule has 0 fully saturated rings. The van der Waals surface area contributed by atoms with Crippen LogP contribution in [-0.4, -0.2) is 49.7 Å². The lowest BCUT2D eigenvalue weighted by molar-refractivity contribution is -0.161. The number of esters is 1. The van der Waals surface area contributed by atoms with Crippen LogP contribution in [-0.2, 0) is 37.1 Å². The van der Waals surface area contributed by atoms with Crippen LogP contribution in [0.1, 0.15) is 22.3 Å². The standard InChI is InChI=1S/C24H21FN4O9/c25-15-8-6-14(7-9-15)21-27-20(26)19(24(36)37-12-13-4-2-1-3-5-13)22(33)29(21)11-18(32)38-28-16(23(34)35)10-17(30)31/h1-9,16,28H,10-12,26H2,(H,30,31)(H,34,35)/t16-/m0/s1. The normalized spacial score (nSPS) is 11.4. The van der Waals surface area contributed by atoms with Crippen LogP contribution in [0, 0.1) is 5.82 Å². The summed E-state index contributed by atoms with van der Waals surface area (Å²) in [5, 5.41) is 17.9. The lowest BCUT2D eigenvalue weighted by atomic mass is 10.2. The van der Waals surface area contributed by atoms with Gasteiger partial charge >= 0.3 is 23.9 Å². The van der Waals surface area contributed by atoms with Crippen molar-refractivity contribution in [2.75, 3.05) is 5.73 Å². The van der Waals surface area contributed by atoms with Gasteiger partial charge in [-0.1, -0.05) is 30.3 Å². The zero-order valence-electron chi connectivity index (χ0n) is 19.5. The van der Waals surface area contributed by atoms with Gasteiger partial charge in [0.25, 0.3) is 5.56 Å². The number of nitrogens with two attached hydrogens (primary N) is 1. The molecule has 0 unspecified atom stereocenters. The summed E-state index contributed by atoms with van der Waals surface area (Å²) >= 11 is 0. The Labute approximate surface area is 213 Å². The molecular formula is C24H21FN4O9. The van der Waals surface area contributed by atoms with E-state index in [1.54, 1.807) is 30.3 Å². The second kappa shape index (κ2) is 12.2. The van der Waals surface area contributed by atoms with E-state index in [-0.39, 0.29) is 18.0 Å². The molecule has 2 aromatic carbocycles. The van der Waals surface area contributed by atoms with Gasteiger partial charge in [0.2, 0.25) is 0 Å². The molecule has 13 nitrogen and oxygen atoms in total. The first-order valence-electron chi connectivity index (χ1n) is 10.8. The summed E-state index contributed by atoms with van der Waals surface area (Å²) in [5.74, 6) is -6.78. The van der Waals surface area contributed by atoms with Crippen LogP contribution in [0.15, 0.2) is 59.4 Å². The number of hydrogen-bond donors (Lipinski definition) is 4. The number of nitrogen functional groups attached to an aromatic ring is 1. The van der Waals surface area contributed by atoms with E-state index in [9.17, 15) is 28.4 Å². The monoisotopic (exact) mass is 528 g/mol. The van der Waals surface area contributed by atoms with Gasteiger partial charge in [0, 0.05) is 5.56 Å². The Kier molecular flexibility index (Phi) is 8.84. The summed E-state index contributed by atoms with van der Waals surface area (Å²) in [6.07, 6.45) is -0.912. The van der Waals surface area contributed by atoms with Gasteiger partial charge in [0.15, 0.2) is 11.6 Å². The molecule has 0 amide bonds. The molecule has 0 radical (unpaired) electrons. The van der Waals surface area contributed by atoms with E-state index in [2.05, 4.69) is 9.82 Å². The van der Waals surface area contributed by atoms with Crippen molar-refractivity contribution in [3.63, 3.8) is 0 Å². The van der Waals surface area contributed by atoms with Crippen molar-refractivity contribution in [2.24, 2.45) is 0 Å². The number of carboxylic acids is 2. The number of aliphatic carboxylic acids is 2. The topological polar surface area (TPSA) is 200 Å². The number of halogens is 1. The molecule has 0 saturated carbocycles. The minimum absolute atomic E-state index is 0.148. The minimum Gasteiger partial charge on any atom is -0.481 e. The van der Waals surface area contributed by atoms with Gasteiger partial charge in [-0.05, 0) is 29.8 Å². The molecule has 0 spiro atoms. The van der Waals surface area contributed by atoms with Crippen molar-refractivity contribution in [3.8, 4) is 11.4 Å². The Hall–Kier alpha value is -5.11. The third kappa shape index (κ3) is 6.98. The van der Waals surface area contributed by atoms with Gasteiger partial charge in [-0.25, -0.2) is 19.0 Å². The zero-order chi connectivity index (χ0) is 27.8. The van der Waals surface area contributed by atoms with Crippen molar-refractivity contribution in [1.82, 2.24) is 15.0 Å². The smallest absolute Gasteiger partial charge is 0.347 e. The Balaban J connectivity index is 1.93. The number of carbonyl (C=O) groups is 4. The Bertz CT molecular complexity index is 1410. The van der Waals surface area contributed by atoms with Gasteiger partial charge in [-0.15, -0.1) is 5.48 Å². The third-order valence-electron chi connectivity index (χ3n) is 5.00. The highest BCUT2D eigenvalue weighted by Gasteiger charge is 2.26. The molecule has 0 saturated heterocycles. The predicted molar refractivity (Wildman–Crippen MR) is 127 cm³/mol. The first-order valence-corrected chi connectivity index (χ1v) is 10.8. The third-order valence-corrected chi connectivity index (χ3v) is 5.00. The predicted octanol–water partition coefficient (Wildman–Crippen LogP) is 0.964. The van der Waals surface area contributed by atoms with Crippen LogP contribution in [0.5, 0.6) is 0 Å². The van der Waals surface area contributed by atoms with E-state index >= 15 is 0 Å². The van der Waals surface area contributed by atoms with Crippen LogP contribution in [0.2, 0.25) is 0 Å². The van der Waals surface area contributed by atoms with Gasteiger partial charge in [-0.3, -0.25) is 19.0 Å². The first-order chi connectivity index (χ1) is 18.1. The average Bonchev–Trinajstić information content (AvgIpc) is 2.87. The fraction of sp³-hybridized carbons (Fsp3) is 0.167. The van der Waals surface area contributed by atoms with Crippen molar-refractivity contribution in [3.05, 3.63) is 81.9 Å². The lowest BCUT2D eigenvalue weighted by Gasteiger charge is -2.16. The highest BCUT2D eigenvalue weighted by atomic mass is 19.1. The number of aromatic nitrogens is 2. The number of hydroxylamine groups is 1. The minimum atomic E-state index is -1.78. The largest absolute Gasteiger partial charge is 0.481 e. The number of anilines is 1. The van der Waals surface area contributed by atoms with Gasteiger partial charge in [0.05, 0.1) is 6.42 Å². The van der Waals surface area contributed by atoms with E-state index in [1.807, 2.05) is 5.48 Å². The summed E-state index contributed by atoms with van der Waals surface area (Å²) in [5.41, 5.74) is 6.70. The molecule has 5 N–H and O–H groups in total. The zero-order valence-corrected chi connectivity index (χ0v) is 19.5. The Morgan fingerprint density at radius 3 is 2.32 bits per heavy atom. The van der Waals surface area contributed by atoms with Crippen LogP contribution in [0.4, 0.5) is 10.2 Å². The summed E-state index contributed by atoms with van der Waals surface area (Å²) in [4.78, 5) is 69.2. The Morgan fingerprint density at radius 2 is 1.71 bits per heavy atom. The van der Waals surface area contributed by atoms with Crippen LogP contribution in [0.3, 0.4) is 0 Å². The van der Waals surface area contributed by atoms with Crippen LogP contribution in [0.25, 0.3) is 11.4 Å². The SMILES string of the molecule is Nc1nc(-c2ccc(F)cc2)n(CC(=O)ON[C@@H](CC(=O)O)C(=O)O)c(=O)c1C(=O)OCc1ccccc1. The molecule has 0 bridgehead atoms. The number of carboxylic acid groups (broad SMARTS) is 2. The van der Waals surface area contributed by atoms with Crippen LogP contribution >= 0.6 is 0 Å². The van der Waals surface area contributed by atoms with E-state index in [0.29, 0.717) is 10.1 Å². The fourth-order valence-electron chi connectivity index (χ4n) is 3.18. The molecule has 0 aliphatic rings. The molecule has 3 aromatic rings. The second-order valence-electron chi connectivity index (χ2n) is 7.74. The van der Waals surface area contributed by atoms with Crippen molar-refractivity contribution < 1.29 is 43.4 Å². The number of benzene rings is 2. The summed E-state index contributed by atoms with van der Waals surface area (Å²) in [7, 11) is 0. The molecule has 1 atom stereocenters. The quantitative estimate of drug-likeness (QED) is 0.203. The number of nitrogens with zero attached hydrogens (tertiary/aromatic N) is 2. The number of hydrogen-bond acceptors (Lipinski definition) is 10. The first kappa shape index (κ1) is 27.5. The van der Waals surface area contributed by atoms with Gasteiger partial charge in [-0.2, -0.15) is 0 Å². The average molecular weight is 528 g/mol. The lowest BCUT2D eigenvalue weighted by Crippen LogP contribution is -2.41. The highest BCUT2D eigenvalue weighted by Crippen LogP contribution is 2.20.